The van der Waals surface area contributed by atoms with Crippen molar-refractivity contribution < 1.29 is 56.5 Å². The van der Waals surface area contributed by atoms with Crippen molar-refractivity contribution in [1.29, 1.82) is 10.7 Å². The summed E-state index contributed by atoms with van der Waals surface area (Å²) < 4.78 is 48.1. The number of nitrogens with one attached hydrogen (secondary N) is 4. The number of aliphatic carboxylic acids is 1. The molecule has 0 aliphatic carbocycles. The first-order chi connectivity index (χ1) is 28.0. The number of nitrogens with zero attached hydrogens (tertiary/aromatic N) is 1. The van der Waals surface area contributed by atoms with Gasteiger partial charge in [-0.05, 0) is 71.7 Å². The molecule has 18 heteroatoms. The smallest absolute Gasteiger partial charge is 0.490 e. The Morgan fingerprint density at radius 1 is 0.949 bits per heavy atom. The third-order valence-electron chi connectivity index (χ3n) is 7.74. The van der Waals surface area contributed by atoms with E-state index >= 15 is 0 Å². The first-order valence-corrected chi connectivity index (χ1v) is 17.4. The number of ether oxygens (including phenoxy) is 3. The van der Waals surface area contributed by atoms with Gasteiger partial charge in [-0.25, -0.2) is 9.59 Å². The third-order valence-corrected chi connectivity index (χ3v) is 7.74. The minimum absolute atomic E-state index is 0.0398. The molecule has 0 aliphatic heterocycles. The number of methoxy groups -OCH3 is 1. The molecule has 308 valence electrons. The summed E-state index contributed by atoms with van der Waals surface area (Å²) in [5.41, 5.74) is 9.30. The molecule has 0 bridgehead atoms. The molecule has 15 nitrogen and oxygen atoms in total. The van der Waals surface area contributed by atoms with E-state index in [-0.39, 0.29) is 49.0 Å². The fourth-order valence-corrected chi connectivity index (χ4v) is 4.95. The lowest BCUT2D eigenvalue weighted by atomic mass is 10.0. The van der Waals surface area contributed by atoms with Crippen LogP contribution in [0.25, 0.3) is 17.2 Å². The highest BCUT2D eigenvalue weighted by Crippen LogP contribution is 2.25. The SMILES string of the molecule is COC(=O)C(=Cc1ccc(C#N)cc1OC[C@@H](CCC(=O)OCc1ccccc1)NC(=O)c1cccc(-c2ccc(NC(=N)N)cc2)c1)NC(C)=O.O=C(O)C(F)(F)F. The minimum atomic E-state index is -5.08. The van der Waals surface area contributed by atoms with Gasteiger partial charge in [-0.15, -0.1) is 0 Å². The van der Waals surface area contributed by atoms with Gasteiger partial charge >= 0.3 is 24.1 Å². The van der Waals surface area contributed by atoms with Gasteiger partial charge in [0.25, 0.3) is 5.91 Å². The van der Waals surface area contributed by atoms with Crippen LogP contribution in [0.15, 0.2) is 103 Å². The number of nitriles is 1. The molecule has 0 saturated heterocycles. The van der Waals surface area contributed by atoms with Crippen molar-refractivity contribution in [3.8, 4) is 22.9 Å². The van der Waals surface area contributed by atoms with Gasteiger partial charge in [0.2, 0.25) is 5.91 Å². The van der Waals surface area contributed by atoms with Crippen LogP contribution in [-0.2, 0) is 35.3 Å². The minimum Gasteiger partial charge on any atom is -0.491 e. The van der Waals surface area contributed by atoms with E-state index in [1.54, 1.807) is 36.4 Å². The highest BCUT2D eigenvalue weighted by molar-refractivity contribution is 5.98. The van der Waals surface area contributed by atoms with E-state index in [1.807, 2.05) is 54.6 Å². The maximum atomic E-state index is 13.6. The Hall–Kier alpha value is -7.68. The van der Waals surface area contributed by atoms with Crippen LogP contribution in [0.1, 0.15) is 46.8 Å². The second kappa shape index (κ2) is 22.2. The monoisotopic (exact) mass is 816 g/mol. The molecule has 0 unspecified atom stereocenters. The lowest BCUT2D eigenvalue weighted by Crippen LogP contribution is -2.39. The normalized spacial score (nSPS) is 11.3. The molecular formula is C41H39F3N6O9. The Labute approximate surface area is 336 Å². The molecular weight excluding hydrogens is 777 g/mol. The Morgan fingerprint density at radius 2 is 1.63 bits per heavy atom. The van der Waals surface area contributed by atoms with Crippen LogP contribution in [0, 0.1) is 16.7 Å². The predicted molar refractivity (Wildman–Crippen MR) is 208 cm³/mol. The number of carbonyl (C=O) groups excluding carboxylic acids is 4. The highest BCUT2D eigenvalue weighted by atomic mass is 19.4. The van der Waals surface area contributed by atoms with Gasteiger partial charge in [-0.3, -0.25) is 19.8 Å². The van der Waals surface area contributed by atoms with Gasteiger partial charge in [0, 0.05) is 30.2 Å². The van der Waals surface area contributed by atoms with Crippen molar-refractivity contribution in [2.24, 2.45) is 5.73 Å². The number of anilines is 1. The molecule has 0 radical (unpaired) electrons. The number of carboxylic acid groups (broad SMARTS) is 1. The molecule has 0 aromatic heterocycles. The average molecular weight is 817 g/mol. The summed E-state index contributed by atoms with van der Waals surface area (Å²) in [6.45, 7) is 1.20. The Bertz CT molecular complexity index is 2210. The first kappa shape index (κ1) is 45.7. The van der Waals surface area contributed by atoms with E-state index in [0.29, 0.717) is 16.8 Å². The zero-order valence-electron chi connectivity index (χ0n) is 31.6. The standard InChI is InChI=1S/C39H38N6O7.C2HF3O2/c1-25(46)43-34(38(49)50-2)21-30-12-11-27(22-40)19-35(30)51-24-33(17-18-36(47)52-23-26-7-4-3-5-8-26)44-37(48)31-10-6-9-29(20-31)28-13-15-32(16-14-28)45-39(41)42;3-2(4,5)1(6)7/h3-16,19-21,33H,17-18,23-24H2,1-2H3,(H,43,46)(H,44,48)(H4,41,42,45);(H,6,7)/t33-;/m1./s1. The number of hydrogen-bond donors (Lipinski definition) is 6. The van der Waals surface area contributed by atoms with Gasteiger partial charge in [-0.1, -0.05) is 54.6 Å². The van der Waals surface area contributed by atoms with Gasteiger partial charge in [0.05, 0.1) is 24.8 Å². The zero-order chi connectivity index (χ0) is 43.5. The quantitative estimate of drug-likeness (QED) is 0.0376. The van der Waals surface area contributed by atoms with Crippen LogP contribution in [-0.4, -0.2) is 66.7 Å². The summed E-state index contributed by atoms with van der Waals surface area (Å²) in [4.78, 5) is 59.4. The summed E-state index contributed by atoms with van der Waals surface area (Å²) in [6, 6.07) is 29.3. The Balaban J connectivity index is 0.00000122. The fraction of sp³-hybridized carbons (Fsp3) is 0.195. The van der Waals surface area contributed by atoms with Crippen molar-refractivity contribution in [2.75, 3.05) is 19.0 Å². The van der Waals surface area contributed by atoms with E-state index in [9.17, 15) is 37.6 Å². The van der Waals surface area contributed by atoms with Crippen LogP contribution in [0.5, 0.6) is 5.75 Å². The number of carboxylic acids is 1. The summed E-state index contributed by atoms with van der Waals surface area (Å²) in [6.07, 6.45) is -3.62. The number of rotatable bonds is 15. The Kier molecular flexibility index (Phi) is 17.2. The zero-order valence-corrected chi connectivity index (χ0v) is 31.6. The molecule has 0 spiro atoms. The van der Waals surface area contributed by atoms with Gasteiger partial charge in [0.1, 0.15) is 24.7 Å². The number of alkyl halides is 3. The molecule has 4 aromatic carbocycles. The highest BCUT2D eigenvalue weighted by Gasteiger charge is 2.38. The fourth-order valence-electron chi connectivity index (χ4n) is 4.95. The number of nitrogens with two attached hydrogens (primary N) is 1. The topological polar surface area (TPSA) is 243 Å². The third kappa shape index (κ3) is 15.8. The molecule has 1 atom stereocenters. The van der Waals surface area contributed by atoms with E-state index < -0.39 is 41.9 Å². The van der Waals surface area contributed by atoms with E-state index in [1.165, 1.54) is 32.2 Å². The average Bonchev–Trinajstić information content (AvgIpc) is 3.21. The van der Waals surface area contributed by atoms with Crippen molar-refractivity contribution in [2.45, 2.75) is 38.6 Å². The number of guanidine groups is 1. The van der Waals surface area contributed by atoms with E-state index in [4.69, 9.17) is 35.3 Å². The van der Waals surface area contributed by atoms with Crippen molar-refractivity contribution >= 4 is 47.4 Å². The summed E-state index contributed by atoms with van der Waals surface area (Å²) in [5.74, 6) is -4.95. The number of carbonyl (C=O) groups is 5. The second-order valence-electron chi connectivity index (χ2n) is 12.3. The van der Waals surface area contributed by atoms with Crippen LogP contribution >= 0.6 is 0 Å². The molecule has 0 aliphatic rings. The molecule has 0 saturated carbocycles. The van der Waals surface area contributed by atoms with Crippen LogP contribution in [0.4, 0.5) is 18.9 Å². The molecule has 4 aromatic rings. The summed E-state index contributed by atoms with van der Waals surface area (Å²) in [5, 5.41) is 32.2. The molecule has 2 amide bonds. The van der Waals surface area contributed by atoms with Crippen LogP contribution in [0.2, 0.25) is 0 Å². The predicted octanol–water partition coefficient (Wildman–Crippen LogP) is 5.51. The molecule has 59 heavy (non-hydrogen) atoms. The number of halogens is 3. The molecule has 4 rings (SSSR count). The van der Waals surface area contributed by atoms with E-state index in [0.717, 1.165) is 16.7 Å². The largest absolute Gasteiger partial charge is 0.491 e. The lowest BCUT2D eigenvalue weighted by Gasteiger charge is -2.20. The van der Waals surface area contributed by atoms with E-state index in [2.05, 4.69) is 16.0 Å². The second-order valence-corrected chi connectivity index (χ2v) is 12.3. The van der Waals surface area contributed by atoms with Crippen molar-refractivity contribution in [3.63, 3.8) is 0 Å². The number of benzene rings is 4. The van der Waals surface area contributed by atoms with Gasteiger partial charge in [0.15, 0.2) is 5.96 Å². The lowest BCUT2D eigenvalue weighted by molar-refractivity contribution is -0.192. The van der Waals surface area contributed by atoms with Crippen LogP contribution < -0.4 is 26.4 Å². The summed E-state index contributed by atoms with van der Waals surface area (Å²) >= 11 is 0. The molecule has 0 fully saturated rings. The van der Waals surface area contributed by atoms with Crippen molar-refractivity contribution in [3.05, 3.63) is 125 Å². The van der Waals surface area contributed by atoms with Crippen LogP contribution in [0.3, 0.4) is 0 Å². The summed E-state index contributed by atoms with van der Waals surface area (Å²) in [7, 11) is 1.17. The maximum Gasteiger partial charge on any atom is 0.490 e. The maximum absolute atomic E-state index is 13.6. The van der Waals surface area contributed by atoms with Gasteiger partial charge < -0.3 is 41.0 Å². The number of hydrogen-bond acceptors (Lipinski definition) is 10. The van der Waals surface area contributed by atoms with Crippen molar-refractivity contribution in [1.82, 2.24) is 10.6 Å². The molecule has 7 N–H and O–H groups in total. The molecule has 0 heterocycles. The van der Waals surface area contributed by atoms with Gasteiger partial charge in [-0.2, -0.15) is 18.4 Å². The Morgan fingerprint density at radius 3 is 2.22 bits per heavy atom. The first-order valence-electron chi connectivity index (χ1n) is 17.4. The number of esters is 2. The number of amides is 2.